The first-order valence-electron chi connectivity index (χ1n) is 5.94. The Balaban J connectivity index is 2.56. The normalized spacial score (nSPS) is 10.9. The Hall–Kier alpha value is -1.97. The molecule has 1 N–H and O–H groups in total. The van der Waals surface area contributed by atoms with Crippen molar-refractivity contribution >= 4 is 11.6 Å². The third kappa shape index (κ3) is 5.39. The molecule has 0 atom stereocenters. The van der Waals surface area contributed by atoms with Gasteiger partial charge in [0.25, 0.3) is 0 Å². The van der Waals surface area contributed by atoms with E-state index in [1.54, 1.807) is 18.6 Å². The maximum atomic E-state index is 11.4. The number of rotatable bonds is 5. The largest absolute Gasteiger partial charge is 0.344 e. The van der Waals surface area contributed by atoms with Gasteiger partial charge < -0.3 is 5.32 Å². The molecular weight excluding hydrogens is 226 g/mol. The van der Waals surface area contributed by atoms with Crippen molar-refractivity contribution in [1.82, 2.24) is 10.3 Å². The molecule has 0 aromatic carbocycles. The Labute approximate surface area is 108 Å². The molecule has 0 saturated heterocycles. The molecule has 18 heavy (non-hydrogen) atoms. The summed E-state index contributed by atoms with van der Waals surface area (Å²) in [4.78, 5) is 19.6. The Morgan fingerprint density at radius 3 is 2.56 bits per heavy atom. The number of aliphatic imine (C=N–C) groups is 1. The van der Waals surface area contributed by atoms with Crippen LogP contribution in [0.3, 0.4) is 0 Å². The fourth-order valence-electron chi connectivity index (χ4n) is 1.32. The molecule has 1 heterocycles. The van der Waals surface area contributed by atoms with Crippen molar-refractivity contribution in [3.63, 3.8) is 0 Å². The van der Waals surface area contributed by atoms with E-state index in [4.69, 9.17) is 0 Å². The number of carbonyl (C=O) groups is 1. The average Bonchev–Trinajstić information content (AvgIpc) is 2.34. The van der Waals surface area contributed by atoms with Gasteiger partial charge in [0, 0.05) is 32.1 Å². The molecule has 0 aliphatic heterocycles. The summed E-state index contributed by atoms with van der Waals surface area (Å²) in [5.41, 5.74) is 2.26. The smallest absolute Gasteiger partial charge is 0.194 e. The molecule has 1 aromatic heterocycles. The highest BCUT2D eigenvalue weighted by Gasteiger charge is 2.02. The summed E-state index contributed by atoms with van der Waals surface area (Å²) in [5.74, 6) is 0.354. The van der Waals surface area contributed by atoms with Crippen molar-refractivity contribution in [2.75, 3.05) is 6.54 Å². The SMILES string of the molecule is CC(=O)C(=NCCc1ccncc1)NC=C(C)C. The van der Waals surface area contributed by atoms with Crippen molar-refractivity contribution in [2.45, 2.75) is 27.2 Å². The molecule has 1 rings (SSSR count). The number of pyridine rings is 1. The van der Waals surface area contributed by atoms with Crippen LogP contribution in [-0.4, -0.2) is 23.1 Å². The van der Waals surface area contributed by atoms with Gasteiger partial charge in [0.1, 0.15) is 0 Å². The van der Waals surface area contributed by atoms with E-state index in [1.165, 1.54) is 12.5 Å². The molecule has 4 heteroatoms. The van der Waals surface area contributed by atoms with Gasteiger partial charge in [-0.05, 0) is 38.0 Å². The zero-order valence-electron chi connectivity index (χ0n) is 11.1. The van der Waals surface area contributed by atoms with Crippen LogP contribution < -0.4 is 5.32 Å². The molecule has 0 aliphatic rings. The van der Waals surface area contributed by atoms with E-state index in [9.17, 15) is 4.79 Å². The van der Waals surface area contributed by atoms with Gasteiger partial charge in [-0.25, -0.2) is 0 Å². The Bertz CT molecular complexity index is 445. The van der Waals surface area contributed by atoms with Crippen molar-refractivity contribution < 1.29 is 4.79 Å². The number of carbonyl (C=O) groups excluding carboxylic acids is 1. The van der Waals surface area contributed by atoms with E-state index < -0.39 is 0 Å². The lowest BCUT2D eigenvalue weighted by Crippen LogP contribution is -2.25. The van der Waals surface area contributed by atoms with Crippen LogP contribution in [0.5, 0.6) is 0 Å². The fourth-order valence-corrected chi connectivity index (χ4v) is 1.32. The number of aromatic nitrogens is 1. The minimum Gasteiger partial charge on any atom is -0.344 e. The zero-order chi connectivity index (χ0) is 13.4. The predicted molar refractivity (Wildman–Crippen MR) is 73.5 cm³/mol. The van der Waals surface area contributed by atoms with Crippen molar-refractivity contribution in [2.24, 2.45) is 4.99 Å². The quantitative estimate of drug-likeness (QED) is 0.638. The lowest BCUT2D eigenvalue weighted by Gasteiger charge is -2.03. The average molecular weight is 245 g/mol. The highest BCUT2D eigenvalue weighted by molar-refractivity contribution is 6.38. The Kier molecular flexibility index (Phi) is 5.77. The summed E-state index contributed by atoms with van der Waals surface area (Å²) in [6, 6.07) is 3.90. The van der Waals surface area contributed by atoms with Gasteiger partial charge in [-0.15, -0.1) is 0 Å². The Morgan fingerprint density at radius 1 is 1.33 bits per heavy atom. The Morgan fingerprint density at radius 2 is 2.00 bits per heavy atom. The standard InChI is InChI=1S/C14H19N3O/c1-11(2)10-17-14(12(3)18)16-9-6-13-4-7-15-8-5-13/h4-5,7-8,10H,6,9H2,1-3H3,(H,16,17). The van der Waals surface area contributed by atoms with Gasteiger partial charge in [-0.3, -0.25) is 14.8 Å². The lowest BCUT2D eigenvalue weighted by atomic mass is 10.2. The second-order valence-electron chi connectivity index (χ2n) is 4.26. The van der Waals surface area contributed by atoms with Crippen LogP contribution in [0, 0.1) is 0 Å². The lowest BCUT2D eigenvalue weighted by molar-refractivity contribution is -0.111. The molecule has 0 saturated carbocycles. The minimum absolute atomic E-state index is 0.0535. The number of ketones is 1. The summed E-state index contributed by atoms with van der Waals surface area (Å²) < 4.78 is 0. The van der Waals surface area contributed by atoms with E-state index in [0.29, 0.717) is 12.4 Å². The number of hydrogen-bond acceptors (Lipinski definition) is 3. The molecule has 0 fully saturated rings. The van der Waals surface area contributed by atoms with E-state index in [0.717, 1.165) is 12.0 Å². The van der Waals surface area contributed by atoms with Crippen LogP contribution >= 0.6 is 0 Å². The molecule has 0 radical (unpaired) electrons. The molecule has 0 unspecified atom stereocenters. The molecule has 0 bridgehead atoms. The van der Waals surface area contributed by atoms with Crippen LogP contribution in [0.15, 0.2) is 41.3 Å². The molecule has 0 aliphatic carbocycles. The van der Waals surface area contributed by atoms with Crippen LogP contribution in [0.4, 0.5) is 0 Å². The van der Waals surface area contributed by atoms with Gasteiger partial charge in [0.2, 0.25) is 0 Å². The summed E-state index contributed by atoms with van der Waals surface area (Å²) in [7, 11) is 0. The van der Waals surface area contributed by atoms with Crippen molar-refractivity contribution in [3.8, 4) is 0 Å². The van der Waals surface area contributed by atoms with E-state index in [2.05, 4.69) is 15.3 Å². The first kappa shape index (κ1) is 14.1. The maximum Gasteiger partial charge on any atom is 0.194 e. The molecule has 0 spiro atoms. The van der Waals surface area contributed by atoms with Gasteiger partial charge >= 0.3 is 0 Å². The predicted octanol–water partition coefficient (Wildman–Crippen LogP) is 2.12. The van der Waals surface area contributed by atoms with Crippen LogP contribution in [0.25, 0.3) is 0 Å². The molecule has 0 amide bonds. The number of amidine groups is 1. The summed E-state index contributed by atoms with van der Waals surface area (Å²) in [6.45, 7) is 6.02. The van der Waals surface area contributed by atoms with Crippen LogP contribution in [0.2, 0.25) is 0 Å². The highest BCUT2D eigenvalue weighted by atomic mass is 16.1. The first-order chi connectivity index (χ1) is 8.59. The number of allylic oxidation sites excluding steroid dienone is 1. The molecule has 4 nitrogen and oxygen atoms in total. The molecule has 1 aromatic rings. The monoisotopic (exact) mass is 245 g/mol. The summed E-state index contributed by atoms with van der Waals surface area (Å²) >= 11 is 0. The number of nitrogens with zero attached hydrogens (tertiary/aromatic N) is 2. The van der Waals surface area contributed by atoms with Crippen LogP contribution in [0.1, 0.15) is 26.3 Å². The minimum atomic E-state index is -0.0535. The highest BCUT2D eigenvalue weighted by Crippen LogP contribution is 1.97. The second kappa shape index (κ2) is 7.37. The maximum absolute atomic E-state index is 11.4. The summed E-state index contributed by atoms with van der Waals surface area (Å²) in [5, 5.41) is 2.93. The fraction of sp³-hybridized carbons (Fsp3) is 0.357. The third-order valence-electron chi connectivity index (χ3n) is 2.25. The first-order valence-corrected chi connectivity index (χ1v) is 5.94. The molecule has 96 valence electrons. The van der Waals surface area contributed by atoms with E-state index in [1.807, 2.05) is 26.0 Å². The number of Topliss-reactive ketones (excluding diaryl/α,β-unsaturated/α-hetero) is 1. The second-order valence-corrected chi connectivity index (χ2v) is 4.26. The third-order valence-corrected chi connectivity index (χ3v) is 2.25. The van der Waals surface area contributed by atoms with Crippen molar-refractivity contribution in [3.05, 3.63) is 41.9 Å². The van der Waals surface area contributed by atoms with Crippen molar-refractivity contribution in [1.29, 1.82) is 0 Å². The van der Waals surface area contributed by atoms with E-state index >= 15 is 0 Å². The number of nitrogens with one attached hydrogen (secondary N) is 1. The summed E-state index contributed by atoms with van der Waals surface area (Å²) in [6.07, 6.45) is 6.10. The van der Waals surface area contributed by atoms with Crippen LogP contribution in [-0.2, 0) is 11.2 Å². The number of hydrogen-bond donors (Lipinski definition) is 1. The zero-order valence-corrected chi connectivity index (χ0v) is 11.1. The van der Waals surface area contributed by atoms with Gasteiger partial charge in [0.15, 0.2) is 11.6 Å². The van der Waals surface area contributed by atoms with E-state index in [-0.39, 0.29) is 5.78 Å². The van der Waals surface area contributed by atoms with Gasteiger partial charge in [0.05, 0.1) is 0 Å². The van der Waals surface area contributed by atoms with Gasteiger partial charge in [-0.2, -0.15) is 0 Å². The topological polar surface area (TPSA) is 54.4 Å². The molecular formula is C14H19N3O. The van der Waals surface area contributed by atoms with Gasteiger partial charge in [-0.1, -0.05) is 5.57 Å².